The van der Waals surface area contributed by atoms with Gasteiger partial charge >= 0.3 is 5.97 Å². The summed E-state index contributed by atoms with van der Waals surface area (Å²) >= 11 is 0. The standard InChI is InChI=1S/C14H23N3O3/c1-4-7-17(11-14(18)19-6-3)12-9-15-10-13(16-12)20-8-5-2/h9-10H,4-8,11H2,1-3H3. The van der Waals surface area contributed by atoms with Gasteiger partial charge in [0.25, 0.3) is 0 Å². The lowest BCUT2D eigenvalue weighted by Crippen LogP contribution is -2.32. The van der Waals surface area contributed by atoms with Gasteiger partial charge in [0.05, 0.1) is 25.6 Å². The molecule has 1 heterocycles. The molecule has 0 unspecified atom stereocenters. The Balaban J connectivity index is 2.76. The molecule has 0 fully saturated rings. The highest BCUT2D eigenvalue weighted by Gasteiger charge is 2.14. The van der Waals surface area contributed by atoms with Gasteiger partial charge in [0.1, 0.15) is 6.54 Å². The van der Waals surface area contributed by atoms with Crippen LogP contribution in [0.1, 0.15) is 33.6 Å². The topological polar surface area (TPSA) is 64.5 Å². The number of rotatable bonds is 9. The Bertz CT molecular complexity index is 412. The number of carbonyl (C=O) groups excluding carboxylic acids is 1. The van der Waals surface area contributed by atoms with Gasteiger partial charge < -0.3 is 14.4 Å². The maximum absolute atomic E-state index is 11.6. The molecule has 1 aromatic rings. The molecule has 0 radical (unpaired) electrons. The number of ether oxygens (including phenoxy) is 2. The van der Waals surface area contributed by atoms with Crippen molar-refractivity contribution in [2.75, 3.05) is 31.2 Å². The van der Waals surface area contributed by atoms with Gasteiger partial charge in [-0.3, -0.25) is 9.78 Å². The molecule has 0 saturated heterocycles. The molecule has 112 valence electrons. The predicted molar refractivity (Wildman–Crippen MR) is 77.0 cm³/mol. The minimum atomic E-state index is -0.261. The third kappa shape index (κ3) is 5.42. The molecule has 0 aliphatic heterocycles. The lowest BCUT2D eigenvalue weighted by Gasteiger charge is -2.21. The van der Waals surface area contributed by atoms with E-state index in [4.69, 9.17) is 9.47 Å². The Morgan fingerprint density at radius 2 is 2.05 bits per heavy atom. The summed E-state index contributed by atoms with van der Waals surface area (Å²) < 4.78 is 10.4. The van der Waals surface area contributed by atoms with Crippen molar-refractivity contribution in [1.82, 2.24) is 9.97 Å². The van der Waals surface area contributed by atoms with Gasteiger partial charge in [0.2, 0.25) is 5.88 Å². The van der Waals surface area contributed by atoms with Gasteiger partial charge in [-0.1, -0.05) is 13.8 Å². The monoisotopic (exact) mass is 281 g/mol. The first-order valence-corrected chi connectivity index (χ1v) is 7.06. The van der Waals surface area contributed by atoms with Crippen molar-refractivity contribution in [3.05, 3.63) is 12.4 Å². The fourth-order valence-corrected chi connectivity index (χ4v) is 1.67. The first kappa shape index (κ1) is 16.2. The maximum Gasteiger partial charge on any atom is 0.325 e. The van der Waals surface area contributed by atoms with Crippen molar-refractivity contribution in [3.63, 3.8) is 0 Å². The van der Waals surface area contributed by atoms with Crippen LogP contribution in [0.25, 0.3) is 0 Å². The van der Waals surface area contributed by atoms with Crippen LogP contribution in [0.4, 0.5) is 5.82 Å². The molecule has 0 spiro atoms. The van der Waals surface area contributed by atoms with E-state index in [1.165, 1.54) is 0 Å². The van der Waals surface area contributed by atoms with Crippen LogP contribution in [-0.4, -0.2) is 42.2 Å². The van der Waals surface area contributed by atoms with Crippen LogP contribution in [-0.2, 0) is 9.53 Å². The van der Waals surface area contributed by atoms with Crippen LogP contribution in [0.5, 0.6) is 5.88 Å². The van der Waals surface area contributed by atoms with Gasteiger partial charge in [0, 0.05) is 6.54 Å². The number of hydrogen-bond acceptors (Lipinski definition) is 6. The van der Waals surface area contributed by atoms with E-state index in [0.29, 0.717) is 31.5 Å². The highest BCUT2D eigenvalue weighted by atomic mass is 16.5. The summed E-state index contributed by atoms with van der Waals surface area (Å²) in [7, 11) is 0. The SMILES string of the molecule is CCCOc1cncc(N(CCC)CC(=O)OCC)n1. The van der Waals surface area contributed by atoms with Gasteiger partial charge in [-0.05, 0) is 19.8 Å². The molecular weight excluding hydrogens is 258 g/mol. The zero-order chi connectivity index (χ0) is 14.8. The van der Waals surface area contributed by atoms with Crippen LogP contribution in [0.2, 0.25) is 0 Å². The summed E-state index contributed by atoms with van der Waals surface area (Å²) in [4.78, 5) is 22.0. The average Bonchev–Trinajstić information content (AvgIpc) is 2.45. The normalized spacial score (nSPS) is 10.2. The molecule has 0 amide bonds. The van der Waals surface area contributed by atoms with E-state index in [9.17, 15) is 4.79 Å². The predicted octanol–water partition coefficient (Wildman–Crippen LogP) is 2.04. The molecule has 0 aromatic carbocycles. The number of anilines is 1. The Morgan fingerprint density at radius 3 is 2.70 bits per heavy atom. The fourth-order valence-electron chi connectivity index (χ4n) is 1.67. The third-order valence-corrected chi connectivity index (χ3v) is 2.50. The average molecular weight is 281 g/mol. The fraction of sp³-hybridized carbons (Fsp3) is 0.643. The minimum Gasteiger partial charge on any atom is -0.477 e. The van der Waals surface area contributed by atoms with Crippen LogP contribution in [0.3, 0.4) is 0 Å². The Labute approximate surface area is 120 Å². The highest BCUT2D eigenvalue weighted by Crippen LogP contribution is 2.14. The zero-order valence-corrected chi connectivity index (χ0v) is 12.5. The second kappa shape index (κ2) is 9.12. The van der Waals surface area contributed by atoms with E-state index in [1.807, 2.05) is 18.7 Å². The first-order chi connectivity index (χ1) is 9.71. The number of nitrogens with zero attached hydrogens (tertiary/aromatic N) is 3. The van der Waals surface area contributed by atoms with Crippen molar-refractivity contribution in [2.45, 2.75) is 33.6 Å². The molecule has 0 N–H and O–H groups in total. The summed E-state index contributed by atoms with van der Waals surface area (Å²) in [5.41, 5.74) is 0. The minimum absolute atomic E-state index is 0.174. The second-order valence-corrected chi connectivity index (χ2v) is 4.29. The lowest BCUT2D eigenvalue weighted by molar-refractivity contribution is -0.141. The van der Waals surface area contributed by atoms with Crippen molar-refractivity contribution in [1.29, 1.82) is 0 Å². The van der Waals surface area contributed by atoms with E-state index >= 15 is 0 Å². The molecule has 0 atom stereocenters. The molecular formula is C14H23N3O3. The Morgan fingerprint density at radius 1 is 1.25 bits per heavy atom. The molecule has 0 aliphatic carbocycles. The van der Waals surface area contributed by atoms with E-state index in [0.717, 1.165) is 12.8 Å². The highest BCUT2D eigenvalue weighted by molar-refractivity contribution is 5.75. The molecule has 1 aromatic heterocycles. The third-order valence-electron chi connectivity index (χ3n) is 2.50. The summed E-state index contributed by atoms with van der Waals surface area (Å²) in [5.74, 6) is 0.852. The van der Waals surface area contributed by atoms with Gasteiger partial charge in [-0.2, -0.15) is 4.98 Å². The molecule has 20 heavy (non-hydrogen) atoms. The van der Waals surface area contributed by atoms with Crippen LogP contribution in [0.15, 0.2) is 12.4 Å². The van der Waals surface area contributed by atoms with Gasteiger partial charge in [-0.15, -0.1) is 0 Å². The number of aromatic nitrogens is 2. The van der Waals surface area contributed by atoms with E-state index < -0.39 is 0 Å². The summed E-state index contributed by atoms with van der Waals surface area (Å²) in [6.45, 7) is 7.73. The van der Waals surface area contributed by atoms with Crippen molar-refractivity contribution >= 4 is 11.8 Å². The van der Waals surface area contributed by atoms with Crippen LogP contribution < -0.4 is 9.64 Å². The molecule has 6 heteroatoms. The Hall–Kier alpha value is -1.85. The van der Waals surface area contributed by atoms with E-state index in [-0.39, 0.29) is 12.5 Å². The molecule has 0 saturated carbocycles. The molecule has 0 bridgehead atoms. The van der Waals surface area contributed by atoms with Gasteiger partial charge in [-0.25, -0.2) is 0 Å². The largest absolute Gasteiger partial charge is 0.477 e. The maximum atomic E-state index is 11.6. The summed E-state index contributed by atoms with van der Waals surface area (Å²) in [5, 5.41) is 0. The van der Waals surface area contributed by atoms with Crippen LogP contribution >= 0.6 is 0 Å². The lowest BCUT2D eigenvalue weighted by atomic mass is 10.4. The van der Waals surface area contributed by atoms with E-state index in [1.54, 1.807) is 19.3 Å². The van der Waals surface area contributed by atoms with Crippen molar-refractivity contribution < 1.29 is 14.3 Å². The Kier molecular flexibility index (Phi) is 7.39. The number of hydrogen-bond donors (Lipinski definition) is 0. The van der Waals surface area contributed by atoms with E-state index in [2.05, 4.69) is 9.97 Å². The number of carbonyl (C=O) groups is 1. The zero-order valence-electron chi connectivity index (χ0n) is 12.5. The molecule has 6 nitrogen and oxygen atoms in total. The number of esters is 1. The van der Waals surface area contributed by atoms with Crippen molar-refractivity contribution in [2.24, 2.45) is 0 Å². The second-order valence-electron chi connectivity index (χ2n) is 4.29. The summed E-state index contributed by atoms with van der Waals surface area (Å²) in [6, 6.07) is 0. The van der Waals surface area contributed by atoms with Crippen molar-refractivity contribution in [3.8, 4) is 5.88 Å². The van der Waals surface area contributed by atoms with Gasteiger partial charge in [0.15, 0.2) is 5.82 Å². The smallest absolute Gasteiger partial charge is 0.325 e. The first-order valence-electron chi connectivity index (χ1n) is 7.06. The van der Waals surface area contributed by atoms with Crippen LogP contribution in [0, 0.1) is 0 Å². The molecule has 0 aliphatic rings. The summed E-state index contributed by atoms with van der Waals surface area (Å²) in [6.07, 6.45) is 5.02. The quantitative estimate of drug-likeness (QED) is 0.645. The molecule has 1 rings (SSSR count).